The Bertz CT molecular complexity index is 454. The number of nitrogens with one attached hydrogen (secondary N) is 1. The van der Waals surface area contributed by atoms with Crippen LogP contribution in [0.1, 0.15) is 18.5 Å². The number of azide groups is 1. The van der Waals surface area contributed by atoms with Crippen molar-refractivity contribution in [2.45, 2.75) is 13.0 Å². The van der Waals surface area contributed by atoms with Gasteiger partial charge in [-0.05, 0) is 30.2 Å². The second-order valence-corrected chi connectivity index (χ2v) is 3.75. The van der Waals surface area contributed by atoms with Gasteiger partial charge >= 0.3 is 0 Å². The van der Waals surface area contributed by atoms with Crippen LogP contribution in [0.2, 0.25) is 0 Å². The molecule has 0 aliphatic carbocycles. The second-order valence-electron chi connectivity index (χ2n) is 3.75. The van der Waals surface area contributed by atoms with Crippen LogP contribution in [0, 0.1) is 0 Å². The molecule has 0 heterocycles. The molecule has 7 nitrogen and oxygen atoms in total. The number of ether oxygens (including phenoxy) is 1. The number of hydrogen-bond donors (Lipinski definition) is 2. The molecule has 7 heteroatoms. The number of rotatable bonds is 8. The molecule has 0 aliphatic heterocycles. The van der Waals surface area contributed by atoms with Crippen LogP contribution in [0.15, 0.2) is 29.4 Å². The second kappa shape index (κ2) is 7.97. The molecular formula is C12H17N5O2. The maximum Gasteiger partial charge on any atom is 0.239 e. The van der Waals surface area contributed by atoms with E-state index in [2.05, 4.69) is 15.3 Å². The summed E-state index contributed by atoms with van der Waals surface area (Å²) in [5.41, 5.74) is 14.3. The van der Waals surface area contributed by atoms with Crippen molar-refractivity contribution in [1.29, 1.82) is 0 Å². The van der Waals surface area contributed by atoms with Gasteiger partial charge in [-0.3, -0.25) is 4.79 Å². The van der Waals surface area contributed by atoms with Gasteiger partial charge in [0, 0.05) is 18.0 Å². The molecule has 0 radical (unpaired) electrons. The third-order valence-corrected chi connectivity index (χ3v) is 2.43. The van der Waals surface area contributed by atoms with Gasteiger partial charge in [0.15, 0.2) is 0 Å². The molecular weight excluding hydrogens is 246 g/mol. The van der Waals surface area contributed by atoms with Crippen LogP contribution in [0.25, 0.3) is 10.4 Å². The van der Waals surface area contributed by atoms with Gasteiger partial charge in [0.25, 0.3) is 0 Å². The monoisotopic (exact) mass is 263 g/mol. The minimum absolute atomic E-state index is 0.261. The van der Waals surface area contributed by atoms with Gasteiger partial charge in [0.2, 0.25) is 5.91 Å². The summed E-state index contributed by atoms with van der Waals surface area (Å²) in [6.45, 7) is 3.13. The molecule has 0 bridgehead atoms. The van der Waals surface area contributed by atoms with Gasteiger partial charge in [0.1, 0.15) is 11.8 Å². The zero-order valence-corrected chi connectivity index (χ0v) is 10.7. The lowest BCUT2D eigenvalue weighted by Gasteiger charge is -2.15. The summed E-state index contributed by atoms with van der Waals surface area (Å²) in [4.78, 5) is 14.0. The van der Waals surface area contributed by atoms with Crippen molar-refractivity contribution in [2.75, 3.05) is 19.7 Å². The zero-order chi connectivity index (χ0) is 14.1. The van der Waals surface area contributed by atoms with Crippen molar-refractivity contribution in [2.24, 2.45) is 10.8 Å². The standard InChI is InChI=1S/C12H17N5O2/c1-2-19-10-5-3-9(4-6-10)11(12(13)18)15-7-8-16-17-14/h3-6,11,15H,2,7-8H2,1H3,(H2,13,18). The number of nitrogens with two attached hydrogens (primary N) is 1. The summed E-state index contributed by atoms with van der Waals surface area (Å²) in [5.74, 6) is 0.258. The average Bonchev–Trinajstić information content (AvgIpc) is 2.40. The van der Waals surface area contributed by atoms with Crippen LogP contribution in [0.3, 0.4) is 0 Å². The Morgan fingerprint density at radius 3 is 2.74 bits per heavy atom. The van der Waals surface area contributed by atoms with Crippen molar-refractivity contribution >= 4 is 5.91 Å². The van der Waals surface area contributed by atoms with Crippen molar-refractivity contribution in [3.8, 4) is 5.75 Å². The fourth-order valence-corrected chi connectivity index (χ4v) is 1.61. The van der Waals surface area contributed by atoms with Crippen LogP contribution in [0.4, 0.5) is 0 Å². The third-order valence-electron chi connectivity index (χ3n) is 2.43. The van der Waals surface area contributed by atoms with Gasteiger partial charge < -0.3 is 15.8 Å². The fourth-order valence-electron chi connectivity index (χ4n) is 1.61. The first-order chi connectivity index (χ1) is 9.19. The van der Waals surface area contributed by atoms with Gasteiger partial charge in [-0.15, -0.1) is 0 Å². The van der Waals surface area contributed by atoms with Gasteiger partial charge in [-0.1, -0.05) is 17.2 Å². The Hall–Kier alpha value is -2.24. The first kappa shape index (κ1) is 14.8. The molecule has 0 saturated heterocycles. The number of carbonyl (C=O) groups excluding carboxylic acids is 1. The molecule has 0 spiro atoms. The highest BCUT2D eigenvalue weighted by atomic mass is 16.5. The highest BCUT2D eigenvalue weighted by molar-refractivity contribution is 5.81. The molecule has 0 saturated carbocycles. The summed E-state index contributed by atoms with van der Waals surface area (Å²) in [6, 6.07) is 6.51. The summed E-state index contributed by atoms with van der Waals surface area (Å²) >= 11 is 0. The molecule has 1 amide bonds. The maximum atomic E-state index is 11.4. The molecule has 1 atom stereocenters. The summed E-state index contributed by atoms with van der Waals surface area (Å²) < 4.78 is 5.32. The smallest absolute Gasteiger partial charge is 0.239 e. The lowest BCUT2D eigenvalue weighted by Crippen LogP contribution is -2.34. The minimum Gasteiger partial charge on any atom is -0.494 e. The van der Waals surface area contributed by atoms with E-state index in [1.54, 1.807) is 24.3 Å². The highest BCUT2D eigenvalue weighted by Crippen LogP contribution is 2.17. The SMILES string of the molecule is CCOc1ccc(C(NCCN=[N+]=[N-])C(N)=O)cc1. The van der Waals surface area contributed by atoms with E-state index in [-0.39, 0.29) is 6.54 Å². The third kappa shape index (κ3) is 4.87. The molecule has 1 unspecified atom stereocenters. The summed E-state index contributed by atoms with van der Waals surface area (Å²) in [6.07, 6.45) is 0. The molecule has 1 rings (SSSR count). The first-order valence-corrected chi connectivity index (χ1v) is 5.95. The molecule has 0 aromatic heterocycles. The summed E-state index contributed by atoms with van der Waals surface area (Å²) in [5, 5.41) is 6.32. The molecule has 1 aromatic rings. The van der Waals surface area contributed by atoms with Gasteiger partial charge in [0.05, 0.1) is 6.61 Å². The van der Waals surface area contributed by atoms with Crippen LogP contribution >= 0.6 is 0 Å². The normalized spacial score (nSPS) is 11.4. The van der Waals surface area contributed by atoms with Crippen LogP contribution in [-0.2, 0) is 4.79 Å². The van der Waals surface area contributed by atoms with E-state index < -0.39 is 11.9 Å². The molecule has 1 aromatic carbocycles. The van der Waals surface area contributed by atoms with Crippen molar-refractivity contribution < 1.29 is 9.53 Å². The quantitative estimate of drug-likeness (QED) is 0.320. The summed E-state index contributed by atoms with van der Waals surface area (Å²) in [7, 11) is 0. The Morgan fingerprint density at radius 2 is 2.21 bits per heavy atom. The van der Waals surface area contributed by atoms with E-state index in [0.717, 1.165) is 11.3 Å². The van der Waals surface area contributed by atoms with Crippen LogP contribution < -0.4 is 15.8 Å². The number of primary amides is 1. The lowest BCUT2D eigenvalue weighted by atomic mass is 10.1. The van der Waals surface area contributed by atoms with Crippen molar-refractivity contribution in [3.63, 3.8) is 0 Å². The Labute approximate surface area is 111 Å². The minimum atomic E-state index is -0.607. The van der Waals surface area contributed by atoms with Crippen molar-refractivity contribution in [1.82, 2.24) is 5.32 Å². The average molecular weight is 263 g/mol. The predicted molar refractivity (Wildman–Crippen MR) is 71.6 cm³/mol. The molecule has 0 aliphatic rings. The van der Waals surface area contributed by atoms with E-state index in [9.17, 15) is 4.79 Å². The maximum absolute atomic E-state index is 11.4. The number of carbonyl (C=O) groups is 1. The van der Waals surface area contributed by atoms with Crippen molar-refractivity contribution in [3.05, 3.63) is 40.3 Å². The fraction of sp³-hybridized carbons (Fsp3) is 0.417. The predicted octanol–water partition coefficient (Wildman–Crippen LogP) is 1.51. The topological polar surface area (TPSA) is 113 Å². The highest BCUT2D eigenvalue weighted by Gasteiger charge is 2.16. The molecule has 0 fully saturated rings. The Morgan fingerprint density at radius 1 is 1.53 bits per heavy atom. The molecule has 102 valence electrons. The largest absolute Gasteiger partial charge is 0.494 e. The molecule has 19 heavy (non-hydrogen) atoms. The van der Waals surface area contributed by atoms with E-state index >= 15 is 0 Å². The molecule has 3 N–H and O–H groups in total. The van der Waals surface area contributed by atoms with E-state index in [1.165, 1.54) is 0 Å². The zero-order valence-electron chi connectivity index (χ0n) is 10.7. The number of hydrogen-bond acceptors (Lipinski definition) is 4. The number of amides is 1. The number of nitrogens with zero attached hydrogens (tertiary/aromatic N) is 3. The van der Waals surface area contributed by atoms with Gasteiger partial charge in [-0.2, -0.15) is 0 Å². The van der Waals surface area contributed by atoms with Crippen LogP contribution in [0.5, 0.6) is 5.75 Å². The van der Waals surface area contributed by atoms with Crippen LogP contribution in [-0.4, -0.2) is 25.6 Å². The first-order valence-electron chi connectivity index (χ1n) is 5.95. The Balaban J connectivity index is 2.69. The van der Waals surface area contributed by atoms with E-state index in [4.69, 9.17) is 16.0 Å². The van der Waals surface area contributed by atoms with Gasteiger partial charge in [-0.25, -0.2) is 0 Å². The van der Waals surface area contributed by atoms with E-state index in [1.807, 2.05) is 6.92 Å². The number of benzene rings is 1. The Kier molecular flexibility index (Phi) is 6.21. The van der Waals surface area contributed by atoms with E-state index in [0.29, 0.717) is 13.2 Å². The lowest BCUT2D eigenvalue weighted by molar-refractivity contribution is -0.120.